The van der Waals surface area contributed by atoms with Crippen LogP contribution in [0.15, 0.2) is 28.9 Å². The zero-order valence-electron chi connectivity index (χ0n) is 10.7. The van der Waals surface area contributed by atoms with Gasteiger partial charge in [-0.15, -0.1) is 0 Å². The lowest BCUT2D eigenvalue weighted by molar-refractivity contribution is 0.0603. The van der Waals surface area contributed by atoms with Crippen LogP contribution in [-0.4, -0.2) is 17.6 Å². The van der Waals surface area contributed by atoms with E-state index < -0.39 is 0 Å². The number of hydrogen-bond acceptors (Lipinski definition) is 2. The van der Waals surface area contributed by atoms with Gasteiger partial charge in [0, 0.05) is 22.1 Å². The van der Waals surface area contributed by atoms with E-state index in [1.165, 1.54) is 7.11 Å². The average molecular weight is 310 g/mol. The van der Waals surface area contributed by atoms with Crippen LogP contribution in [-0.2, 0) is 4.74 Å². The van der Waals surface area contributed by atoms with Crippen molar-refractivity contribution >= 4 is 32.8 Å². The second-order valence-electron chi connectivity index (χ2n) is 4.36. The second-order valence-corrected chi connectivity index (χ2v) is 5.27. The number of halogens is 1. The van der Waals surface area contributed by atoms with Gasteiger partial charge in [0.05, 0.1) is 18.2 Å². The maximum Gasteiger partial charge on any atom is 0.338 e. The lowest BCUT2D eigenvalue weighted by atomic mass is 10.1. The Kier molecular flexibility index (Phi) is 3.76. The number of aromatic nitrogens is 1. The largest absolute Gasteiger partial charge is 0.465 e. The molecule has 18 heavy (non-hydrogen) atoms. The van der Waals surface area contributed by atoms with Crippen molar-refractivity contribution in [2.24, 2.45) is 0 Å². The molecule has 0 unspecified atom stereocenters. The van der Waals surface area contributed by atoms with Crippen molar-refractivity contribution in [3.05, 3.63) is 34.4 Å². The minimum atomic E-state index is -0.303. The summed E-state index contributed by atoms with van der Waals surface area (Å²) in [6, 6.07) is 6.21. The predicted octanol–water partition coefficient (Wildman–Crippen LogP) is 4.16. The smallest absolute Gasteiger partial charge is 0.338 e. The third kappa shape index (κ3) is 2.17. The number of esters is 1. The van der Waals surface area contributed by atoms with E-state index in [0.717, 1.165) is 21.8 Å². The SMILES string of the molecule is CC[C@H](C)n1ccc2c(C(=O)OC)cc(Br)cc21. The molecular weight excluding hydrogens is 294 g/mol. The number of benzene rings is 1. The van der Waals surface area contributed by atoms with Gasteiger partial charge in [-0.1, -0.05) is 22.9 Å². The van der Waals surface area contributed by atoms with Crippen LogP contribution in [0.3, 0.4) is 0 Å². The molecule has 2 rings (SSSR count). The summed E-state index contributed by atoms with van der Waals surface area (Å²) >= 11 is 3.45. The summed E-state index contributed by atoms with van der Waals surface area (Å²) in [6.45, 7) is 4.31. The molecular formula is C14H16BrNO2. The summed E-state index contributed by atoms with van der Waals surface area (Å²) in [5.41, 5.74) is 1.66. The van der Waals surface area contributed by atoms with Crippen LogP contribution >= 0.6 is 15.9 Å². The lowest BCUT2D eigenvalue weighted by Crippen LogP contribution is -2.04. The van der Waals surface area contributed by atoms with Crippen LogP contribution in [0.1, 0.15) is 36.7 Å². The highest BCUT2D eigenvalue weighted by Gasteiger charge is 2.15. The number of methoxy groups -OCH3 is 1. The molecule has 0 spiro atoms. The molecule has 0 saturated heterocycles. The molecule has 96 valence electrons. The minimum absolute atomic E-state index is 0.303. The van der Waals surface area contributed by atoms with E-state index in [-0.39, 0.29) is 5.97 Å². The van der Waals surface area contributed by atoms with Crippen LogP contribution in [0.2, 0.25) is 0 Å². The van der Waals surface area contributed by atoms with Gasteiger partial charge in [-0.3, -0.25) is 0 Å². The molecule has 1 atom stereocenters. The van der Waals surface area contributed by atoms with Gasteiger partial charge in [0.2, 0.25) is 0 Å². The average Bonchev–Trinajstić information content (AvgIpc) is 2.79. The molecule has 1 aromatic heterocycles. The summed E-state index contributed by atoms with van der Waals surface area (Å²) in [5.74, 6) is -0.303. The van der Waals surface area contributed by atoms with Crippen molar-refractivity contribution in [2.75, 3.05) is 7.11 Å². The first-order valence-electron chi connectivity index (χ1n) is 5.96. The molecule has 2 aromatic rings. The van der Waals surface area contributed by atoms with Gasteiger partial charge in [0.15, 0.2) is 0 Å². The van der Waals surface area contributed by atoms with Gasteiger partial charge in [0.25, 0.3) is 0 Å². The summed E-state index contributed by atoms with van der Waals surface area (Å²) in [7, 11) is 1.40. The van der Waals surface area contributed by atoms with Gasteiger partial charge in [-0.2, -0.15) is 0 Å². The number of carbonyl (C=O) groups is 1. The van der Waals surface area contributed by atoms with Crippen LogP contribution in [0.4, 0.5) is 0 Å². The molecule has 0 amide bonds. The first-order valence-corrected chi connectivity index (χ1v) is 6.76. The number of ether oxygens (including phenoxy) is 1. The van der Waals surface area contributed by atoms with E-state index >= 15 is 0 Å². The fourth-order valence-corrected chi connectivity index (χ4v) is 2.53. The van der Waals surface area contributed by atoms with Crippen LogP contribution < -0.4 is 0 Å². The highest BCUT2D eigenvalue weighted by atomic mass is 79.9. The standard InChI is InChI=1S/C14H16BrNO2/c1-4-9(2)16-6-5-11-12(14(17)18-3)7-10(15)8-13(11)16/h5-9H,4H2,1-3H3/t9-/m0/s1. The highest BCUT2D eigenvalue weighted by Crippen LogP contribution is 2.28. The van der Waals surface area contributed by atoms with Gasteiger partial charge >= 0.3 is 5.97 Å². The van der Waals surface area contributed by atoms with Crippen molar-refractivity contribution in [2.45, 2.75) is 26.3 Å². The van der Waals surface area contributed by atoms with E-state index in [2.05, 4.69) is 34.3 Å². The minimum Gasteiger partial charge on any atom is -0.465 e. The fraction of sp³-hybridized carbons (Fsp3) is 0.357. The Morgan fingerprint density at radius 3 is 2.83 bits per heavy atom. The third-order valence-electron chi connectivity index (χ3n) is 3.27. The Balaban J connectivity index is 2.68. The number of carbonyl (C=O) groups excluding carboxylic acids is 1. The summed E-state index contributed by atoms with van der Waals surface area (Å²) in [4.78, 5) is 11.8. The molecule has 0 aliphatic carbocycles. The predicted molar refractivity (Wildman–Crippen MR) is 76.0 cm³/mol. The second kappa shape index (κ2) is 5.14. The van der Waals surface area contributed by atoms with Crippen molar-refractivity contribution < 1.29 is 9.53 Å². The Labute approximate surface area is 115 Å². The van der Waals surface area contributed by atoms with Crippen molar-refractivity contribution in [3.8, 4) is 0 Å². The van der Waals surface area contributed by atoms with Gasteiger partial charge < -0.3 is 9.30 Å². The maximum atomic E-state index is 11.8. The Bertz CT molecular complexity index is 589. The van der Waals surface area contributed by atoms with Gasteiger partial charge in [-0.25, -0.2) is 4.79 Å². The molecule has 1 aromatic carbocycles. The monoisotopic (exact) mass is 309 g/mol. The first kappa shape index (κ1) is 13.1. The Morgan fingerprint density at radius 2 is 2.22 bits per heavy atom. The van der Waals surface area contributed by atoms with E-state index in [9.17, 15) is 4.79 Å². The molecule has 0 aliphatic heterocycles. The molecule has 0 radical (unpaired) electrons. The molecule has 0 fully saturated rings. The van der Waals surface area contributed by atoms with Crippen LogP contribution in [0.25, 0.3) is 10.9 Å². The summed E-state index contributed by atoms with van der Waals surface area (Å²) < 4.78 is 7.90. The normalized spacial score (nSPS) is 12.7. The van der Waals surface area contributed by atoms with Crippen molar-refractivity contribution in [3.63, 3.8) is 0 Å². The third-order valence-corrected chi connectivity index (χ3v) is 3.73. The Morgan fingerprint density at radius 1 is 1.50 bits per heavy atom. The zero-order valence-corrected chi connectivity index (χ0v) is 12.3. The molecule has 0 aliphatic rings. The highest BCUT2D eigenvalue weighted by molar-refractivity contribution is 9.10. The van der Waals surface area contributed by atoms with Crippen LogP contribution in [0, 0.1) is 0 Å². The van der Waals surface area contributed by atoms with Crippen molar-refractivity contribution in [1.29, 1.82) is 0 Å². The van der Waals surface area contributed by atoms with Gasteiger partial charge in [0.1, 0.15) is 0 Å². The number of nitrogens with zero attached hydrogens (tertiary/aromatic N) is 1. The fourth-order valence-electron chi connectivity index (χ4n) is 2.09. The molecule has 1 heterocycles. The lowest BCUT2D eigenvalue weighted by Gasteiger charge is -2.13. The van der Waals surface area contributed by atoms with E-state index in [0.29, 0.717) is 11.6 Å². The Hall–Kier alpha value is -1.29. The van der Waals surface area contributed by atoms with E-state index in [1.807, 2.05) is 18.3 Å². The summed E-state index contributed by atoms with van der Waals surface area (Å²) in [6.07, 6.45) is 3.07. The number of fused-ring (bicyclic) bond motifs is 1. The molecule has 0 N–H and O–H groups in total. The topological polar surface area (TPSA) is 31.2 Å². The molecule has 3 nitrogen and oxygen atoms in total. The molecule has 0 saturated carbocycles. The zero-order chi connectivity index (χ0) is 13.3. The maximum absolute atomic E-state index is 11.8. The van der Waals surface area contributed by atoms with Gasteiger partial charge in [-0.05, 0) is 31.5 Å². The molecule has 0 bridgehead atoms. The van der Waals surface area contributed by atoms with E-state index in [4.69, 9.17) is 4.74 Å². The quantitative estimate of drug-likeness (QED) is 0.797. The van der Waals surface area contributed by atoms with E-state index in [1.54, 1.807) is 6.07 Å². The number of rotatable bonds is 3. The number of hydrogen-bond donors (Lipinski definition) is 0. The first-order chi connectivity index (χ1) is 8.58. The van der Waals surface area contributed by atoms with Crippen LogP contribution in [0.5, 0.6) is 0 Å². The molecule has 4 heteroatoms. The summed E-state index contributed by atoms with van der Waals surface area (Å²) in [5, 5.41) is 0.936. The van der Waals surface area contributed by atoms with Crippen molar-refractivity contribution in [1.82, 2.24) is 4.57 Å².